The maximum atomic E-state index is 11.2. The molecule has 1 aromatic carbocycles. The highest BCUT2D eigenvalue weighted by molar-refractivity contribution is 5.75. The molecule has 0 saturated heterocycles. The average Bonchev–Trinajstić information content (AvgIpc) is 2.27. The highest BCUT2D eigenvalue weighted by Crippen LogP contribution is 2.24. The number of rotatable bonds is 6. The molecule has 1 aromatic rings. The molecule has 0 aliphatic heterocycles. The zero-order chi connectivity index (χ0) is 13.5. The van der Waals surface area contributed by atoms with Crippen molar-refractivity contribution in [2.75, 3.05) is 13.7 Å². The predicted molar refractivity (Wildman–Crippen MR) is 72.6 cm³/mol. The molecule has 1 amide bonds. The molecule has 4 heteroatoms. The van der Waals surface area contributed by atoms with Crippen LogP contribution >= 0.6 is 0 Å². The summed E-state index contributed by atoms with van der Waals surface area (Å²) in [5, 5.41) is 0. The van der Waals surface area contributed by atoms with Crippen molar-refractivity contribution in [1.29, 1.82) is 0 Å². The molecule has 0 spiro atoms. The van der Waals surface area contributed by atoms with Crippen molar-refractivity contribution in [3.8, 4) is 5.75 Å². The van der Waals surface area contributed by atoms with E-state index in [4.69, 9.17) is 4.74 Å². The third-order valence-electron chi connectivity index (χ3n) is 2.66. The van der Waals surface area contributed by atoms with Gasteiger partial charge in [0, 0.05) is 13.5 Å². The summed E-state index contributed by atoms with van der Waals surface area (Å²) >= 11 is 0. The summed E-state index contributed by atoms with van der Waals surface area (Å²) in [4.78, 5) is 11.2. The minimum Gasteiger partial charge on any atom is -0.493 e. The minimum atomic E-state index is -0.0153. The smallest absolute Gasteiger partial charge is 0.234 e. The molecule has 100 valence electrons. The molecular formula is C14H22N2O2. The SMILES string of the molecule is CNNC(=O)CCCOc1c(C)cc(C)cc1C. The van der Waals surface area contributed by atoms with Crippen LogP contribution in [-0.2, 0) is 4.79 Å². The highest BCUT2D eigenvalue weighted by Gasteiger charge is 2.05. The summed E-state index contributed by atoms with van der Waals surface area (Å²) in [5.74, 6) is 0.924. The van der Waals surface area contributed by atoms with E-state index < -0.39 is 0 Å². The van der Waals surface area contributed by atoms with Crippen LogP contribution in [0.3, 0.4) is 0 Å². The number of carbonyl (C=O) groups is 1. The monoisotopic (exact) mass is 250 g/mol. The van der Waals surface area contributed by atoms with E-state index in [1.807, 2.05) is 13.8 Å². The molecule has 0 atom stereocenters. The van der Waals surface area contributed by atoms with Crippen molar-refractivity contribution in [2.45, 2.75) is 33.6 Å². The summed E-state index contributed by atoms with van der Waals surface area (Å²) in [6.07, 6.45) is 1.17. The Hall–Kier alpha value is -1.55. The van der Waals surface area contributed by atoms with Gasteiger partial charge in [0.2, 0.25) is 5.91 Å². The van der Waals surface area contributed by atoms with Gasteiger partial charge in [-0.2, -0.15) is 0 Å². The van der Waals surface area contributed by atoms with E-state index in [9.17, 15) is 4.79 Å². The first-order valence-electron chi connectivity index (χ1n) is 6.21. The topological polar surface area (TPSA) is 50.4 Å². The molecule has 0 fully saturated rings. The van der Waals surface area contributed by atoms with Crippen LogP contribution in [0.4, 0.5) is 0 Å². The number of benzene rings is 1. The van der Waals surface area contributed by atoms with Crippen LogP contribution in [0.25, 0.3) is 0 Å². The van der Waals surface area contributed by atoms with Crippen molar-refractivity contribution < 1.29 is 9.53 Å². The van der Waals surface area contributed by atoms with Gasteiger partial charge in [0.1, 0.15) is 5.75 Å². The summed E-state index contributed by atoms with van der Waals surface area (Å²) in [6, 6.07) is 4.21. The number of hydrogen-bond acceptors (Lipinski definition) is 3. The van der Waals surface area contributed by atoms with Gasteiger partial charge >= 0.3 is 0 Å². The summed E-state index contributed by atoms with van der Waals surface area (Å²) in [5.41, 5.74) is 8.67. The fraction of sp³-hybridized carbons (Fsp3) is 0.500. The second kappa shape index (κ2) is 7.01. The fourth-order valence-corrected chi connectivity index (χ4v) is 2.00. The second-order valence-electron chi connectivity index (χ2n) is 4.48. The first-order chi connectivity index (χ1) is 8.54. The number of hydrazine groups is 1. The Bertz CT molecular complexity index is 393. The molecule has 0 aliphatic carbocycles. The van der Waals surface area contributed by atoms with Gasteiger partial charge in [0.05, 0.1) is 6.61 Å². The first-order valence-corrected chi connectivity index (χ1v) is 6.21. The van der Waals surface area contributed by atoms with Crippen LogP contribution in [0.2, 0.25) is 0 Å². The standard InChI is InChI=1S/C14H22N2O2/c1-10-8-11(2)14(12(3)9-10)18-7-5-6-13(17)16-15-4/h8-9,15H,5-7H2,1-4H3,(H,16,17). The Morgan fingerprint density at radius 3 is 2.39 bits per heavy atom. The maximum Gasteiger partial charge on any atom is 0.234 e. The summed E-state index contributed by atoms with van der Waals surface area (Å²) in [6.45, 7) is 6.72. The number of carbonyl (C=O) groups excluding carboxylic acids is 1. The van der Waals surface area contributed by atoms with Crippen molar-refractivity contribution in [3.05, 3.63) is 28.8 Å². The normalized spacial score (nSPS) is 10.2. The Morgan fingerprint density at radius 1 is 1.22 bits per heavy atom. The van der Waals surface area contributed by atoms with E-state index in [1.165, 1.54) is 5.56 Å². The molecule has 0 aliphatic rings. The Kier molecular flexibility index (Phi) is 5.65. The van der Waals surface area contributed by atoms with Gasteiger partial charge in [-0.15, -0.1) is 0 Å². The molecule has 0 aromatic heterocycles. The van der Waals surface area contributed by atoms with E-state index in [0.29, 0.717) is 19.4 Å². The second-order valence-corrected chi connectivity index (χ2v) is 4.48. The third kappa shape index (κ3) is 4.37. The number of hydrogen-bond donors (Lipinski definition) is 2. The molecule has 0 unspecified atom stereocenters. The van der Waals surface area contributed by atoms with Gasteiger partial charge in [-0.3, -0.25) is 10.2 Å². The van der Waals surface area contributed by atoms with Gasteiger partial charge in [-0.05, 0) is 38.3 Å². The van der Waals surface area contributed by atoms with E-state index in [1.54, 1.807) is 7.05 Å². The van der Waals surface area contributed by atoms with E-state index >= 15 is 0 Å². The number of nitrogens with one attached hydrogen (secondary N) is 2. The third-order valence-corrected chi connectivity index (χ3v) is 2.66. The first kappa shape index (κ1) is 14.5. The number of ether oxygens (including phenoxy) is 1. The molecule has 4 nitrogen and oxygen atoms in total. The largest absolute Gasteiger partial charge is 0.493 e. The van der Waals surface area contributed by atoms with Crippen LogP contribution in [-0.4, -0.2) is 19.6 Å². The molecule has 18 heavy (non-hydrogen) atoms. The summed E-state index contributed by atoms with van der Waals surface area (Å²) < 4.78 is 5.75. The van der Waals surface area contributed by atoms with Crippen LogP contribution < -0.4 is 15.6 Å². The maximum absolute atomic E-state index is 11.2. The quantitative estimate of drug-likeness (QED) is 0.600. The molecule has 1 rings (SSSR count). The molecule has 2 N–H and O–H groups in total. The Balaban J connectivity index is 2.42. The highest BCUT2D eigenvalue weighted by atomic mass is 16.5. The van der Waals surface area contributed by atoms with E-state index in [-0.39, 0.29) is 5.91 Å². The van der Waals surface area contributed by atoms with Gasteiger partial charge in [0.15, 0.2) is 0 Å². The van der Waals surface area contributed by atoms with Crippen LogP contribution in [0.1, 0.15) is 29.5 Å². The van der Waals surface area contributed by atoms with Crippen LogP contribution in [0.5, 0.6) is 5.75 Å². The van der Waals surface area contributed by atoms with Gasteiger partial charge in [-0.1, -0.05) is 17.7 Å². The Labute approximate surface area is 109 Å². The van der Waals surface area contributed by atoms with Gasteiger partial charge < -0.3 is 4.74 Å². The van der Waals surface area contributed by atoms with Gasteiger partial charge in [-0.25, -0.2) is 5.43 Å². The number of aryl methyl sites for hydroxylation is 3. The van der Waals surface area contributed by atoms with Crippen molar-refractivity contribution in [1.82, 2.24) is 10.9 Å². The average molecular weight is 250 g/mol. The van der Waals surface area contributed by atoms with Crippen molar-refractivity contribution >= 4 is 5.91 Å². The molecule has 0 radical (unpaired) electrons. The van der Waals surface area contributed by atoms with Crippen molar-refractivity contribution in [3.63, 3.8) is 0 Å². The van der Waals surface area contributed by atoms with E-state index in [2.05, 4.69) is 29.9 Å². The lowest BCUT2D eigenvalue weighted by atomic mass is 10.1. The molecule has 0 bridgehead atoms. The number of amides is 1. The predicted octanol–water partition coefficient (Wildman–Crippen LogP) is 2.02. The van der Waals surface area contributed by atoms with Crippen molar-refractivity contribution in [2.24, 2.45) is 0 Å². The van der Waals surface area contributed by atoms with Crippen LogP contribution in [0, 0.1) is 20.8 Å². The lowest BCUT2D eigenvalue weighted by Crippen LogP contribution is -2.34. The fourth-order valence-electron chi connectivity index (χ4n) is 2.00. The minimum absolute atomic E-state index is 0.0153. The zero-order valence-electron chi connectivity index (χ0n) is 11.6. The zero-order valence-corrected chi connectivity index (χ0v) is 11.6. The van der Waals surface area contributed by atoms with Gasteiger partial charge in [0.25, 0.3) is 0 Å². The molecule has 0 saturated carbocycles. The van der Waals surface area contributed by atoms with Crippen LogP contribution in [0.15, 0.2) is 12.1 Å². The lowest BCUT2D eigenvalue weighted by molar-refractivity contribution is -0.122. The van der Waals surface area contributed by atoms with E-state index in [0.717, 1.165) is 16.9 Å². The summed E-state index contributed by atoms with van der Waals surface area (Å²) in [7, 11) is 1.67. The lowest BCUT2D eigenvalue weighted by Gasteiger charge is -2.13. The molecule has 0 heterocycles. The Morgan fingerprint density at radius 2 is 1.83 bits per heavy atom. The molecular weight excluding hydrogens is 228 g/mol.